The van der Waals surface area contributed by atoms with Crippen LogP contribution < -0.4 is 10.1 Å². The number of ether oxygens (including phenoxy) is 1. The van der Waals surface area contributed by atoms with Crippen molar-refractivity contribution in [2.45, 2.75) is 25.0 Å². The molecule has 0 radical (unpaired) electrons. The molecule has 0 saturated heterocycles. The van der Waals surface area contributed by atoms with Gasteiger partial charge in [-0.2, -0.15) is 0 Å². The summed E-state index contributed by atoms with van der Waals surface area (Å²) in [6.07, 6.45) is 0. The number of hydrogen-bond donors (Lipinski definition) is 1. The quantitative estimate of drug-likeness (QED) is 0.601. The van der Waals surface area contributed by atoms with E-state index in [1.54, 1.807) is 7.11 Å². The smallest absolute Gasteiger partial charge is 0.277 e. The molecule has 0 unspecified atom stereocenters. The van der Waals surface area contributed by atoms with Crippen molar-refractivity contribution in [3.05, 3.63) is 54.1 Å². The minimum absolute atomic E-state index is 0.120. The Morgan fingerprint density at radius 2 is 1.89 bits per heavy atom. The molecule has 1 amide bonds. The lowest BCUT2D eigenvalue weighted by atomic mass is 10.0. The lowest BCUT2D eigenvalue weighted by Crippen LogP contribution is -2.15. The normalized spacial score (nSPS) is 10.8. The summed E-state index contributed by atoms with van der Waals surface area (Å²) in [5.41, 5.74) is 2.65. The molecule has 140 valence electrons. The van der Waals surface area contributed by atoms with Gasteiger partial charge in [0.1, 0.15) is 5.75 Å². The Morgan fingerprint density at radius 3 is 2.67 bits per heavy atom. The Balaban J connectivity index is 1.63. The van der Waals surface area contributed by atoms with Gasteiger partial charge < -0.3 is 14.5 Å². The fourth-order valence-electron chi connectivity index (χ4n) is 2.63. The van der Waals surface area contributed by atoms with Crippen LogP contribution in [0.1, 0.15) is 25.3 Å². The summed E-state index contributed by atoms with van der Waals surface area (Å²) in [5.74, 6) is 1.40. The number of nitrogens with one attached hydrogen (secondary N) is 1. The van der Waals surface area contributed by atoms with E-state index in [9.17, 15) is 4.79 Å². The number of benzene rings is 2. The SMILES string of the molecule is COc1ccccc1-c1nnc(SCC(=O)Nc2ccccc2C(C)C)o1. The van der Waals surface area contributed by atoms with Gasteiger partial charge in [-0.15, -0.1) is 10.2 Å². The Labute approximate surface area is 162 Å². The number of methoxy groups -OCH3 is 1. The molecule has 6 nitrogen and oxygen atoms in total. The van der Waals surface area contributed by atoms with Crippen LogP contribution >= 0.6 is 11.8 Å². The van der Waals surface area contributed by atoms with E-state index in [2.05, 4.69) is 29.4 Å². The summed E-state index contributed by atoms with van der Waals surface area (Å²) >= 11 is 1.20. The van der Waals surface area contributed by atoms with E-state index in [1.165, 1.54) is 11.8 Å². The molecule has 0 spiro atoms. The molecule has 0 aliphatic rings. The lowest BCUT2D eigenvalue weighted by molar-refractivity contribution is -0.113. The summed E-state index contributed by atoms with van der Waals surface area (Å²) in [6.45, 7) is 4.19. The third kappa shape index (κ3) is 4.68. The number of carbonyl (C=O) groups is 1. The van der Waals surface area contributed by atoms with Gasteiger partial charge in [0.15, 0.2) is 0 Å². The van der Waals surface area contributed by atoms with Crippen LogP contribution in [-0.2, 0) is 4.79 Å². The third-order valence-corrected chi connectivity index (χ3v) is 4.75. The minimum Gasteiger partial charge on any atom is -0.496 e. The molecule has 0 aliphatic carbocycles. The maximum absolute atomic E-state index is 12.3. The number of anilines is 1. The van der Waals surface area contributed by atoms with Gasteiger partial charge in [0, 0.05) is 5.69 Å². The standard InChI is InChI=1S/C20H21N3O3S/c1-13(2)14-8-4-6-10-16(14)21-18(24)12-27-20-23-22-19(26-20)15-9-5-7-11-17(15)25-3/h4-11,13H,12H2,1-3H3,(H,21,24). The van der Waals surface area contributed by atoms with Gasteiger partial charge in [0.25, 0.3) is 11.1 Å². The van der Waals surface area contributed by atoms with Crippen molar-refractivity contribution in [3.8, 4) is 17.2 Å². The number of rotatable bonds is 7. The molecule has 0 atom stereocenters. The van der Waals surface area contributed by atoms with E-state index in [4.69, 9.17) is 9.15 Å². The van der Waals surface area contributed by atoms with Crippen LogP contribution in [0.3, 0.4) is 0 Å². The van der Waals surface area contributed by atoms with Crippen LogP contribution in [0, 0.1) is 0 Å². The summed E-state index contributed by atoms with van der Waals surface area (Å²) < 4.78 is 11.0. The molecule has 0 fully saturated rings. The molecule has 0 aliphatic heterocycles. The second-order valence-corrected chi connectivity index (χ2v) is 7.08. The van der Waals surface area contributed by atoms with Crippen molar-refractivity contribution < 1.29 is 13.9 Å². The zero-order valence-corrected chi connectivity index (χ0v) is 16.2. The molecule has 3 aromatic rings. The first-order valence-corrected chi connectivity index (χ1v) is 9.55. The summed E-state index contributed by atoms with van der Waals surface area (Å²) in [5, 5.41) is 11.3. The fourth-order valence-corrected chi connectivity index (χ4v) is 3.19. The first-order chi connectivity index (χ1) is 13.1. The fraction of sp³-hybridized carbons (Fsp3) is 0.250. The number of hydrogen-bond acceptors (Lipinski definition) is 6. The molecule has 0 bridgehead atoms. The highest BCUT2D eigenvalue weighted by atomic mass is 32.2. The number of para-hydroxylation sites is 2. The number of carbonyl (C=O) groups excluding carboxylic acids is 1. The Kier molecular flexibility index (Phi) is 6.13. The van der Waals surface area contributed by atoms with Crippen LogP contribution in [-0.4, -0.2) is 29.0 Å². The first-order valence-electron chi connectivity index (χ1n) is 8.57. The molecular weight excluding hydrogens is 362 g/mol. The van der Waals surface area contributed by atoms with Crippen LogP contribution in [0.15, 0.2) is 58.2 Å². The van der Waals surface area contributed by atoms with Gasteiger partial charge >= 0.3 is 0 Å². The highest BCUT2D eigenvalue weighted by molar-refractivity contribution is 7.99. The van der Waals surface area contributed by atoms with E-state index < -0.39 is 0 Å². The molecule has 1 N–H and O–H groups in total. The predicted molar refractivity (Wildman–Crippen MR) is 106 cm³/mol. The van der Waals surface area contributed by atoms with Gasteiger partial charge in [-0.1, -0.05) is 55.9 Å². The molecule has 1 aromatic heterocycles. The van der Waals surface area contributed by atoms with Gasteiger partial charge in [0.2, 0.25) is 5.91 Å². The van der Waals surface area contributed by atoms with Crippen LogP contribution in [0.25, 0.3) is 11.5 Å². The van der Waals surface area contributed by atoms with Crippen LogP contribution in [0.5, 0.6) is 5.75 Å². The summed E-state index contributed by atoms with van der Waals surface area (Å²) in [4.78, 5) is 12.3. The molecule has 2 aromatic carbocycles. The molecule has 7 heteroatoms. The third-order valence-electron chi connectivity index (χ3n) is 3.93. The van der Waals surface area contributed by atoms with Crippen molar-refractivity contribution >= 4 is 23.4 Å². The molecule has 27 heavy (non-hydrogen) atoms. The highest BCUT2D eigenvalue weighted by Crippen LogP contribution is 2.30. The molecule has 3 rings (SSSR count). The summed E-state index contributed by atoms with van der Waals surface area (Å²) in [7, 11) is 1.59. The first kappa shape index (κ1) is 19.0. The number of thioether (sulfide) groups is 1. The van der Waals surface area contributed by atoms with Crippen LogP contribution in [0.4, 0.5) is 5.69 Å². The number of amides is 1. The van der Waals surface area contributed by atoms with E-state index in [-0.39, 0.29) is 11.7 Å². The van der Waals surface area contributed by atoms with Crippen molar-refractivity contribution in [1.29, 1.82) is 0 Å². The van der Waals surface area contributed by atoms with Gasteiger partial charge in [-0.05, 0) is 29.7 Å². The van der Waals surface area contributed by atoms with Crippen LogP contribution in [0.2, 0.25) is 0 Å². The average molecular weight is 383 g/mol. The highest BCUT2D eigenvalue weighted by Gasteiger charge is 2.15. The number of aromatic nitrogens is 2. The average Bonchev–Trinajstić information content (AvgIpc) is 3.15. The topological polar surface area (TPSA) is 77.2 Å². The Hall–Kier alpha value is -2.80. The Bertz CT molecular complexity index is 924. The lowest BCUT2D eigenvalue weighted by Gasteiger charge is -2.13. The minimum atomic E-state index is -0.120. The zero-order valence-electron chi connectivity index (χ0n) is 15.4. The molecule has 1 heterocycles. The van der Waals surface area contributed by atoms with Crippen molar-refractivity contribution in [2.75, 3.05) is 18.2 Å². The van der Waals surface area contributed by atoms with Gasteiger partial charge in [-0.25, -0.2) is 0 Å². The van der Waals surface area contributed by atoms with Gasteiger partial charge in [-0.3, -0.25) is 4.79 Å². The maximum atomic E-state index is 12.3. The monoisotopic (exact) mass is 383 g/mol. The van der Waals surface area contributed by atoms with E-state index in [1.807, 2.05) is 48.5 Å². The molecular formula is C20H21N3O3S. The molecule has 0 saturated carbocycles. The van der Waals surface area contributed by atoms with E-state index in [0.29, 0.717) is 22.8 Å². The largest absolute Gasteiger partial charge is 0.496 e. The Morgan fingerprint density at radius 1 is 1.15 bits per heavy atom. The second-order valence-electron chi connectivity index (χ2n) is 6.15. The van der Waals surface area contributed by atoms with E-state index in [0.717, 1.165) is 16.8 Å². The maximum Gasteiger partial charge on any atom is 0.277 e. The summed E-state index contributed by atoms with van der Waals surface area (Å²) in [6, 6.07) is 15.2. The van der Waals surface area contributed by atoms with Crippen molar-refractivity contribution in [3.63, 3.8) is 0 Å². The van der Waals surface area contributed by atoms with E-state index >= 15 is 0 Å². The predicted octanol–water partition coefficient (Wildman–Crippen LogP) is 4.60. The number of nitrogens with zero attached hydrogens (tertiary/aromatic N) is 2. The zero-order chi connectivity index (χ0) is 19.2. The van der Waals surface area contributed by atoms with Crippen molar-refractivity contribution in [1.82, 2.24) is 10.2 Å². The van der Waals surface area contributed by atoms with Crippen molar-refractivity contribution in [2.24, 2.45) is 0 Å². The second kappa shape index (κ2) is 8.73. The van der Waals surface area contributed by atoms with Gasteiger partial charge in [0.05, 0.1) is 18.4 Å².